The maximum atomic E-state index is 12.6. The van der Waals surface area contributed by atoms with Gasteiger partial charge < -0.3 is 9.80 Å². The molecule has 0 saturated carbocycles. The zero-order chi connectivity index (χ0) is 18.7. The molecule has 0 aromatic carbocycles. The summed E-state index contributed by atoms with van der Waals surface area (Å²) >= 11 is 1.46. The molecule has 2 fully saturated rings. The van der Waals surface area contributed by atoms with E-state index < -0.39 is 0 Å². The van der Waals surface area contributed by atoms with E-state index in [1.54, 1.807) is 5.51 Å². The molecule has 26 heavy (non-hydrogen) atoms. The number of hydrogen-bond donors (Lipinski definition) is 0. The summed E-state index contributed by atoms with van der Waals surface area (Å²) in [7, 11) is 2.00. The molecule has 2 aliphatic heterocycles. The molecule has 2 saturated heterocycles. The quantitative estimate of drug-likeness (QED) is 0.807. The highest BCUT2D eigenvalue weighted by Crippen LogP contribution is 2.40. The molecule has 0 unspecified atom stereocenters. The number of piperidine rings is 2. The highest BCUT2D eigenvalue weighted by molar-refractivity contribution is 7.07. The Balaban J connectivity index is 1.56. The van der Waals surface area contributed by atoms with E-state index in [-0.39, 0.29) is 17.2 Å². The molecule has 0 atom stereocenters. The first-order valence-electron chi connectivity index (χ1n) is 9.56. The summed E-state index contributed by atoms with van der Waals surface area (Å²) < 4.78 is 0. The summed E-state index contributed by atoms with van der Waals surface area (Å²) in [6, 6.07) is 0.374. The Hall–Kier alpha value is -1.47. The third-order valence-electron chi connectivity index (χ3n) is 6.04. The number of carbonyl (C=O) groups excluding carboxylic acids is 2. The first-order valence-corrected chi connectivity index (χ1v) is 10.5. The van der Waals surface area contributed by atoms with Crippen LogP contribution in [0.1, 0.15) is 50.0 Å². The molecule has 144 valence electrons. The lowest BCUT2D eigenvalue weighted by Gasteiger charge is -2.47. The topological polar surface area (TPSA) is 56.8 Å². The third kappa shape index (κ3) is 4.26. The number of thiazole rings is 1. The van der Waals surface area contributed by atoms with Crippen molar-refractivity contribution in [3.8, 4) is 0 Å². The standard InChI is InChI=1S/C19H30N4O2S/c1-15(2)21(3)11-17(24)22-9-6-19(7-10-22)5-4-8-23(13-19)18(25)16-12-26-14-20-16/h12,14-15H,4-11,13H2,1-3H3. The normalized spacial score (nSPS) is 20.2. The molecule has 1 aromatic rings. The summed E-state index contributed by atoms with van der Waals surface area (Å²) in [5.74, 6) is 0.282. The fourth-order valence-corrected chi connectivity index (χ4v) is 4.52. The summed E-state index contributed by atoms with van der Waals surface area (Å²) in [5.41, 5.74) is 2.45. The van der Waals surface area contributed by atoms with Gasteiger partial charge in [0.15, 0.2) is 0 Å². The Bertz CT molecular complexity index is 623. The minimum absolute atomic E-state index is 0.0578. The Morgan fingerprint density at radius 2 is 1.96 bits per heavy atom. The van der Waals surface area contributed by atoms with Crippen molar-refractivity contribution >= 4 is 23.2 Å². The Kier molecular flexibility index (Phi) is 5.97. The SMILES string of the molecule is CC(C)N(C)CC(=O)N1CCC2(CCCN(C(=O)c3cscn3)C2)CC1. The molecule has 0 radical (unpaired) electrons. The highest BCUT2D eigenvalue weighted by Gasteiger charge is 2.40. The van der Waals surface area contributed by atoms with E-state index >= 15 is 0 Å². The highest BCUT2D eigenvalue weighted by atomic mass is 32.1. The van der Waals surface area contributed by atoms with Crippen LogP contribution >= 0.6 is 11.3 Å². The van der Waals surface area contributed by atoms with Crippen LogP contribution in [0.5, 0.6) is 0 Å². The molecule has 1 spiro atoms. The number of amides is 2. The molecule has 3 rings (SSSR count). The number of likely N-dealkylation sites (tertiary alicyclic amines) is 2. The summed E-state index contributed by atoms with van der Waals surface area (Å²) in [5, 5.41) is 1.83. The van der Waals surface area contributed by atoms with Gasteiger partial charge in [-0.05, 0) is 52.0 Å². The minimum Gasteiger partial charge on any atom is -0.342 e. The van der Waals surface area contributed by atoms with Crippen LogP contribution in [-0.4, -0.2) is 77.3 Å². The van der Waals surface area contributed by atoms with E-state index in [4.69, 9.17) is 0 Å². The van der Waals surface area contributed by atoms with Gasteiger partial charge in [-0.15, -0.1) is 11.3 Å². The first-order chi connectivity index (χ1) is 12.4. The van der Waals surface area contributed by atoms with Gasteiger partial charge in [0, 0.05) is 37.6 Å². The molecule has 3 heterocycles. The van der Waals surface area contributed by atoms with Gasteiger partial charge in [0.25, 0.3) is 5.91 Å². The predicted octanol–water partition coefficient (Wildman–Crippen LogP) is 2.33. The number of nitrogens with zero attached hydrogens (tertiary/aromatic N) is 4. The van der Waals surface area contributed by atoms with Gasteiger partial charge in [-0.25, -0.2) is 4.98 Å². The van der Waals surface area contributed by atoms with E-state index in [9.17, 15) is 9.59 Å². The van der Waals surface area contributed by atoms with Crippen molar-refractivity contribution in [1.82, 2.24) is 19.7 Å². The Morgan fingerprint density at radius 3 is 2.58 bits per heavy atom. The largest absolute Gasteiger partial charge is 0.342 e. The molecular weight excluding hydrogens is 348 g/mol. The second kappa shape index (κ2) is 8.05. The monoisotopic (exact) mass is 378 g/mol. The van der Waals surface area contributed by atoms with Crippen LogP contribution in [0.4, 0.5) is 0 Å². The maximum absolute atomic E-state index is 12.6. The zero-order valence-electron chi connectivity index (χ0n) is 16.1. The number of hydrogen-bond acceptors (Lipinski definition) is 5. The van der Waals surface area contributed by atoms with Gasteiger partial charge in [-0.3, -0.25) is 14.5 Å². The fourth-order valence-electron chi connectivity index (χ4n) is 4.00. The second-order valence-electron chi connectivity index (χ2n) is 8.09. The molecule has 0 bridgehead atoms. The first kappa shape index (κ1) is 19.3. The van der Waals surface area contributed by atoms with Gasteiger partial charge in [-0.2, -0.15) is 0 Å². The van der Waals surface area contributed by atoms with E-state index in [0.29, 0.717) is 18.3 Å². The molecule has 7 heteroatoms. The Morgan fingerprint density at radius 1 is 1.23 bits per heavy atom. The zero-order valence-corrected chi connectivity index (χ0v) is 16.9. The van der Waals surface area contributed by atoms with Crippen molar-refractivity contribution in [2.24, 2.45) is 5.41 Å². The minimum atomic E-state index is 0.0578. The smallest absolute Gasteiger partial charge is 0.273 e. The van der Waals surface area contributed by atoms with Crippen LogP contribution in [-0.2, 0) is 4.79 Å². The Labute approximate surface area is 160 Å². The molecule has 1 aromatic heterocycles. The third-order valence-corrected chi connectivity index (χ3v) is 6.63. The van der Waals surface area contributed by atoms with Gasteiger partial charge in [0.1, 0.15) is 5.69 Å². The van der Waals surface area contributed by atoms with Crippen molar-refractivity contribution < 1.29 is 9.59 Å². The van der Waals surface area contributed by atoms with Crippen LogP contribution in [0, 0.1) is 5.41 Å². The van der Waals surface area contributed by atoms with Crippen LogP contribution in [0.25, 0.3) is 0 Å². The molecule has 2 aliphatic rings. The van der Waals surface area contributed by atoms with Gasteiger partial charge in [0.05, 0.1) is 12.1 Å². The van der Waals surface area contributed by atoms with E-state index in [1.807, 2.05) is 22.2 Å². The lowest BCUT2D eigenvalue weighted by molar-refractivity contribution is -0.135. The molecule has 0 aliphatic carbocycles. The van der Waals surface area contributed by atoms with Crippen LogP contribution in [0.2, 0.25) is 0 Å². The molecular formula is C19H30N4O2S. The van der Waals surface area contributed by atoms with Crippen molar-refractivity contribution in [3.63, 3.8) is 0 Å². The fraction of sp³-hybridized carbons (Fsp3) is 0.737. The van der Waals surface area contributed by atoms with Crippen molar-refractivity contribution in [2.45, 2.75) is 45.6 Å². The lowest BCUT2D eigenvalue weighted by atomic mass is 9.72. The van der Waals surface area contributed by atoms with Crippen molar-refractivity contribution in [1.29, 1.82) is 0 Å². The van der Waals surface area contributed by atoms with Gasteiger partial charge in [-0.1, -0.05) is 0 Å². The number of likely N-dealkylation sites (N-methyl/N-ethyl adjacent to an activating group) is 1. The van der Waals surface area contributed by atoms with E-state index in [0.717, 1.165) is 51.9 Å². The number of carbonyl (C=O) groups is 2. The molecule has 6 nitrogen and oxygen atoms in total. The van der Waals surface area contributed by atoms with Gasteiger partial charge in [0.2, 0.25) is 5.91 Å². The number of aromatic nitrogens is 1. The average Bonchev–Trinajstić information content (AvgIpc) is 3.16. The predicted molar refractivity (Wildman–Crippen MR) is 103 cm³/mol. The average molecular weight is 379 g/mol. The summed E-state index contributed by atoms with van der Waals surface area (Å²) in [6.07, 6.45) is 4.18. The maximum Gasteiger partial charge on any atom is 0.273 e. The van der Waals surface area contributed by atoms with E-state index in [2.05, 4.69) is 23.7 Å². The molecule has 0 N–H and O–H groups in total. The van der Waals surface area contributed by atoms with Crippen LogP contribution < -0.4 is 0 Å². The summed E-state index contributed by atoms with van der Waals surface area (Å²) in [6.45, 7) is 7.94. The van der Waals surface area contributed by atoms with Gasteiger partial charge >= 0.3 is 0 Å². The number of rotatable bonds is 4. The van der Waals surface area contributed by atoms with Crippen LogP contribution in [0.3, 0.4) is 0 Å². The van der Waals surface area contributed by atoms with Crippen molar-refractivity contribution in [3.05, 3.63) is 16.6 Å². The second-order valence-corrected chi connectivity index (χ2v) is 8.81. The lowest BCUT2D eigenvalue weighted by Crippen LogP contribution is -2.53. The summed E-state index contributed by atoms with van der Waals surface area (Å²) in [4.78, 5) is 35.4. The molecule has 2 amide bonds. The van der Waals surface area contributed by atoms with Crippen molar-refractivity contribution in [2.75, 3.05) is 39.8 Å². The van der Waals surface area contributed by atoms with Crippen LogP contribution in [0.15, 0.2) is 10.9 Å². The van der Waals surface area contributed by atoms with E-state index in [1.165, 1.54) is 11.3 Å².